The van der Waals surface area contributed by atoms with Crippen molar-refractivity contribution in [3.8, 4) is 0 Å². The number of nitrogens with one attached hydrogen (secondary N) is 3. The number of thiazole rings is 1. The Morgan fingerprint density at radius 3 is 2.37 bits per heavy atom. The Morgan fingerprint density at radius 2 is 1.74 bits per heavy atom. The molecule has 3 aromatic rings. The van der Waals surface area contributed by atoms with Crippen LogP contribution < -0.4 is 15.9 Å². The summed E-state index contributed by atoms with van der Waals surface area (Å²) in [7, 11) is 0. The second-order valence-electron chi connectivity index (χ2n) is 12.0. The minimum atomic E-state index is -2.47. The molecule has 248 valence electrons. The summed E-state index contributed by atoms with van der Waals surface area (Å²) in [5.41, 5.74) is 1.21. The fourth-order valence-electron chi connectivity index (χ4n) is 5.41. The van der Waals surface area contributed by atoms with E-state index in [2.05, 4.69) is 15.6 Å². The number of benzene rings is 2. The van der Waals surface area contributed by atoms with Gasteiger partial charge in [0, 0.05) is 18.0 Å². The second-order valence-corrected chi connectivity index (χ2v) is 12.9. The van der Waals surface area contributed by atoms with Gasteiger partial charge in [-0.2, -0.15) is 0 Å². The topological polar surface area (TPSA) is 139 Å². The molecule has 1 saturated carbocycles. The van der Waals surface area contributed by atoms with Crippen molar-refractivity contribution in [2.75, 3.05) is 13.2 Å². The first kappa shape index (κ1) is 32.2. The lowest BCUT2D eigenvalue weighted by Crippen LogP contribution is -2.56. The maximum Gasteiger partial charge on any atom is 0.408 e. The van der Waals surface area contributed by atoms with Gasteiger partial charge >= 0.3 is 6.09 Å². The fraction of sp³-hybridized carbons (Fsp3) is 0.486. The molecule has 3 amide bonds. The van der Waals surface area contributed by atoms with Crippen LogP contribution in [0.25, 0.3) is 0 Å². The van der Waals surface area contributed by atoms with Gasteiger partial charge in [-0.3, -0.25) is 9.59 Å². The van der Waals surface area contributed by atoms with Crippen molar-refractivity contribution in [1.82, 2.24) is 20.9 Å². The largest absolute Gasteiger partial charge is 0.445 e. The molecule has 1 heterocycles. The summed E-state index contributed by atoms with van der Waals surface area (Å²) in [5.74, 6) is -3.22. The molecule has 0 unspecified atom stereocenters. The first-order valence-electron chi connectivity index (χ1n) is 16.8. The highest BCUT2D eigenvalue weighted by Gasteiger charge is 2.44. The van der Waals surface area contributed by atoms with Gasteiger partial charge in [0.2, 0.25) is 17.6 Å². The summed E-state index contributed by atoms with van der Waals surface area (Å²) in [6.07, 6.45) is 5.69. The Morgan fingerprint density at radius 1 is 1.07 bits per heavy atom. The summed E-state index contributed by atoms with van der Waals surface area (Å²) in [4.78, 5) is 44.4. The van der Waals surface area contributed by atoms with Crippen LogP contribution in [-0.2, 0) is 37.9 Å². The summed E-state index contributed by atoms with van der Waals surface area (Å²) < 4.78 is 28.9. The summed E-state index contributed by atoms with van der Waals surface area (Å²) >= 11 is 1.23. The van der Waals surface area contributed by atoms with Crippen molar-refractivity contribution in [3.63, 3.8) is 0 Å². The van der Waals surface area contributed by atoms with Crippen molar-refractivity contribution in [2.24, 2.45) is 11.8 Å². The SMILES string of the molecule is [2H]N(C(=O)OCc1ccccc1)[C@@]([2H])(Cc1ccccc1)C(=O)NCC(=O)N[C@@H](CC1CCCCC1)[C@@](O)(OCC(C)C)c1nccs1. The van der Waals surface area contributed by atoms with Crippen molar-refractivity contribution >= 4 is 29.2 Å². The van der Waals surface area contributed by atoms with Crippen LogP contribution in [-0.4, -0.2) is 53.2 Å². The molecule has 4 rings (SSSR count). The number of aliphatic hydroxyl groups is 1. The number of carbonyl (C=O) groups excluding carboxylic acids is 3. The van der Waals surface area contributed by atoms with E-state index < -0.39 is 42.3 Å². The lowest BCUT2D eigenvalue weighted by Gasteiger charge is -2.38. The number of hydrogen-bond acceptors (Lipinski definition) is 8. The Balaban J connectivity index is 1.50. The van der Waals surface area contributed by atoms with Crippen LogP contribution in [0.1, 0.15) is 69.9 Å². The van der Waals surface area contributed by atoms with E-state index in [-0.39, 0.29) is 36.8 Å². The van der Waals surface area contributed by atoms with Gasteiger partial charge in [-0.05, 0) is 29.4 Å². The lowest BCUT2D eigenvalue weighted by molar-refractivity contribution is -0.239. The monoisotopic (exact) mass is 652 g/mol. The van der Waals surface area contributed by atoms with Crippen LogP contribution in [0.4, 0.5) is 4.79 Å². The van der Waals surface area contributed by atoms with Crippen molar-refractivity contribution < 1.29 is 31.7 Å². The van der Waals surface area contributed by atoms with Crippen LogP contribution in [0.15, 0.2) is 72.2 Å². The molecular formula is C35H46N4O6S. The van der Waals surface area contributed by atoms with E-state index in [9.17, 15) is 19.5 Å². The average Bonchev–Trinajstić information content (AvgIpc) is 3.65. The quantitative estimate of drug-likeness (QED) is 0.159. The molecule has 1 fully saturated rings. The zero-order valence-corrected chi connectivity index (χ0v) is 27.3. The zero-order valence-electron chi connectivity index (χ0n) is 28.5. The second kappa shape index (κ2) is 17.8. The number of amides is 3. The van der Waals surface area contributed by atoms with Crippen LogP contribution in [0, 0.1) is 11.8 Å². The molecule has 0 aliphatic heterocycles. The van der Waals surface area contributed by atoms with Gasteiger partial charge in [0.25, 0.3) is 0 Å². The van der Waals surface area contributed by atoms with Crippen molar-refractivity contribution in [1.29, 1.82) is 0 Å². The normalized spacial score (nSPS) is 17.5. The van der Waals surface area contributed by atoms with Gasteiger partial charge in [0.05, 0.1) is 20.6 Å². The van der Waals surface area contributed by atoms with E-state index in [1.807, 2.05) is 19.9 Å². The minimum Gasteiger partial charge on any atom is -0.445 e. The summed E-state index contributed by atoms with van der Waals surface area (Å²) in [6, 6.07) is 14.1. The van der Waals surface area contributed by atoms with Crippen LogP contribution in [0.3, 0.4) is 0 Å². The van der Waals surface area contributed by atoms with E-state index in [0.717, 1.165) is 32.1 Å². The van der Waals surface area contributed by atoms with Gasteiger partial charge < -0.3 is 30.5 Å². The highest BCUT2D eigenvalue weighted by Crippen LogP contribution is 2.36. The summed E-state index contributed by atoms with van der Waals surface area (Å²) in [5, 5.41) is 19.6. The Labute approximate surface area is 278 Å². The molecule has 0 radical (unpaired) electrons. The van der Waals surface area contributed by atoms with Gasteiger partial charge in [0.15, 0.2) is 6.42 Å². The minimum absolute atomic E-state index is 0.101. The number of hydrogen-bond donors (Lipinski definition) is 4. The van der Waals surface area contributed by atoms with Crippen LogP contribution in [0.2, 0.25) is 1.41 Å². The number of nitrogens with zero attached hydrogens (tertiary/aromatic N) is 1. The molecule has 0 spiro atoms. The van der Waals surface area contributed by atoms with Crippen molar-refractivity contribution in [2.45, 2.75) is 83.2 Å². The standard InChI is InChI=1S/C35H46N4O6S/c1-25(2)23-45-35(43,33-36-18-19-46-33)30(21-27-14-8-4-9-15-27)39-31(40)22-37-32(41)29(20-26-12-6-3-7-13-26)38-34(42)44-24-28-16-10-5-11-17-28/h3,5-7,10-13,16-19,25,27,29-30,43H,4,8-9,14-15,20-24H2,1-2H3,(H,37,41)(H,38,42)(H,39,40)/t29-,30-,35+/m0/s1/i29D/hD. The van der Waals surface area contributed by atoms with E-state index in [4.69, 9.17) is 12.3 Å². The van der Waals surface area contributed by atoms with E-state index in [0.29, 0.717) is 22.6 Å². The van der Waals surface area contributed by atoms with Crippen molar-refractivity contribution in [3.05, 3.63) is 88.4 Å². The molecule has 1 aliphatic carbocycles. The molecule has 0 saturated heterocycles. The van der Waals surface area contributed by atoms with E-state index in [1.165, 1.54) is 11.3 Å². The molecule has 2 aromatic carbocycles. The first-order valence-corrected chi connectivity index (χ1v) is 16.8. The zero-order chi connectivity index (χ0) is 34.6. The van der Waals surface area contributed by atoms with Gasteiger partial charge in [-0.15, -0.1) is 11.3 Å². The van der Waals surface area contributed by atoms with Gasteiger partial charge in [-0.25, -0.2) is 9.78 Å². The molecule has 0 bridgehead atoms. The Kier molecular flexibility index (Phi) is 12.4. The predicted octanol–water partition coefficient (Wildman–Crippen LogP) is 5.07. The smallest absolute Gasteiger partial charge is 0.408 e. The Bertz CT molecular complexity index is 1450. The maximum absolute atomic E-state index is 13.6. The molecule has 1 aliphatic rings. The number of carbonyl (C=O) groups is 3. The predicted molar refractivity (Wildman–Crippen MR) is 177 cm³/mol. The summed E-state index contributed by atoms with van der Waals surface area (Å²) in [6.45, 7) is 3.43. The third kappa shape index (κ3) is 10.9. The average molecular weight is 653 g/mol. The van der Waals surface area contributed by atoms with Crippen LogP contribution in [0.5, 0.6) is 0 Å². The molecule has 1 aromatic heterocycles. The lowest BCUT2D eigenvalue weighted by atomic mass is 9.83. The molecule has 3 atom stereocenters. The number of alkyl carbamates (subject to hydrolysis) is 1. The highest BCUT2D eigenvalue weighted by molar-refractivity contribution is 7.09. The van der Waals surface area contributed by atoms with E-state index >= 15 is 0 Å². The number of aromatic nitrogens is 1. The third-order valence-electron chi connectivity index (χ3n) is 7.79. The number of rotatable bonds is 16. The molecule has 4 N–H and O–H groups in total. The Hall–Kier alpha value is -3.80. The highest BCUT2D eigenvalue weighted by atomic mass is 32.1. The molecular weight excluding hydrogens is 604 g/mol. The fourth-order valence-corrected chi connectivity index (χ4v) is 6.15. The number of ether oxygens (including phenoxy) is 2. The maximum atomic E-state index is 13.6. The third-order valence-corrected chi connectivity index (χ3v) is 8.67. The molecule has 46 heavy (non-hydrogen) atoms. The first-order chi connectivity index (χ1) is 23.0. The van der Waals surface area contributed by atoms with E-state index in [1.54, 1.807) is 66.2 Å². The van der Waals surface area contributed by atoms with Gasteiger partial charge in [0.1, 0.15) is 12.6 Å². The van der Waals surface area contributed by atoms with Crippen LogP contribution >= 0.6 is 11.3 Å². The molecule has 10 nitrogen and oxygen atoms in total. The van der Waals surface area contributed by atoms with Gasteiger partial charge in [-0.1, -0.05) is 107 Å². The molecule has 11 heteroatoms.